The molecule has 4 rings (SSSR count). The Balaban J connectivity index is 1.60. The molecule has 1 atom stereocenters. The van der Waals surface area contributed by atoms with Gasteiger partial charge in [-0.05, 0) is 30.7 Å². The first-order valence-corrected chi connectivity index (χ1v) is 8.83. The van der Waals surface area contributed by atoms with Gasteiger partial charge in [-0.25, -0.2) is 0 Å². The molecule has 1 amide bonds. The summed E-state index contributed by atoms with van der Waals surface area (Å²) in [7, 11) is 1.72. The number of amides is 1. The fourth-order valence-electron chi connectivity index (χ4n) is 3.15. The molecule has 136 valence electrons. The zero-order valence-corrected chi connectivity index (χ0v) is 15.2. The number of benzene rings is 2. The third-order valence-electron chi connectivity index (χ3n) is 4.54. The minimum absolute atomic E-state index is 0.0519. The molecular formula is C20H19N5O2. The summed E-state index contributed by atoms with van der Waals surface area (Å²) in [6, 6.07) is 15.4. The Labute approximate surface area is 157 Å². The van der Waals surface area contributed by atoms with Crippen molar-refractivity contribution in [1.82, 2.24) is 0 Å². The van der Waals surface area contributed by atoms with Crippen molar-refractivity contribution in [2.24, 2.45) is 20.4 Å². The topological polar surface area (TPSA) is 79.0 Å². The van der Waals surface area contributed by atoms with Gasteiger partial charge in [0, 0.05) is 19.0 Å². The van der Waals surface area contributed by atoms with Crippen LogP contribution in [0.4, 0.5) is 5.69 Å². The van der Waals surface area contributed by atoms with Crippen molar-refractivity contribution in [3.63, 3.8) is 0 Å². The van der Waals surface area contributed by atoms with Crippen molar-refractivity contribution in [1.29, 1.82) is 0 Å². The van der Waals surface area contributed by atoms with Crippen LogP contribution in [0.5, 0.6) is 5.75 Å². The summed E-state index contributed by atoms with van der Waals surface area (Å²) in [6.07, 6.45) is 0.566. The van der Waals surface area contributed by atoms with Crippen LogP contribution in [0.15, 0.2) is 69.0 Å². The van der Waals surface area contributed by atoms with E-state index in [1.54, 1.807) is 11.9 Å². The van der Waals surface area contributed by atoms with Gasteiger partial charge in [-0.15, -0.1) is 15.3 Å². The van der Waals surface area contributed by atoms with Gasteiger partial charge in [-0.2, -0.15) is 5.11 Å². The molecule has 0 saturated carbocycles. The number of hydrogen-bond acceptors (Lipinski definition) is 5. The van der Waals surface area contributed by atoms with E-state index >= 15 is 0 Å². The average molecular weight is 361 g/mol. The molecule has 1 unspecified atom stereocenters. The molecule has 0 N–H and O–H groups in total. The first kappa shape index (κ1) is 17.1. The molecule has 2 aliphatic rings. The first-order chi connectivity index (χ1) is 13.2. The number of azo groups is 1. The molecule has 27 heavy (non-hydrogen) atoms. The highest BCUT2D eigenvalue weighted by Crippen LogP contribution is 2.32. The zero-order valence-electron chi connectivity index (χ0n) is 15.2. The molecule has 0 fully saturated rings. The van der Waals surface area contributed by atoms with E-state index in [9.17, 15) is 4.79 Å². The monoisotopic (exact) mass is 361 g/mol. The van der Waals surface area contributed by atoms with Crippen LogP contribution in [0.2, 0.25) is 0 Å². The van der Waals surface area contributed by atoms with E-state index in [-0.39, 0.29) is 11.9 Å². The molecule has 7 heteroatoms. The molecular weight excluding hydrogens is 342 g/mol. The number of likely N-dealkylation sites (N-methyl/N-ethyl adjacent to an activating group) is 1. The standard InChI is InChI=1S/C20H19N5O2/c1-3-27-14-9-10-17-15(11-14)19(20(26)25(17)2)24-23-18-12-16(21-22-18)13-7-5-4-6-8-13/h4-11,16H,3,12H2,1-2H3. The average Bonchev–Trinajstić information content (AvgIpc) is 3.25. The number of carbonyl (C=O) groups is 1. The lowest BCUT2D eigenvalue weighted by Crippen LogP contribution is -2.25. The maximum Gasteiger partial charge on any atom is 0.279 e. The molecule has 0 radical (unpaired) electrons. The van der Waals surface area contributed by atoms with Crippen molar-refractivity contribution < 1.29 is 9.53 Å². The number of rotatable bonds is 4. The van der Waals surface area contributed by atoms with Crippen molar-refractivity contribution in [3.8, 4) is 5.75 Å². The summed E-state index contributed by atoms with van der Waals surface area (Å²) in [4.78, 5) is 14.1. The number of hydrogen-bond donors (Lipinski definition) is 0. The van der Waals surface area contributed by atoms with Crippen molar-refractivity contribution in [2.45, 2.75) is 19.4 Å². The second-order valence-electron chi connectivity index (χ2n) is 6.29. The van der Waals surface area contributed by atoms with Gasteiger partial charge in [0.2, 0.25) is 0 Å². The number of ether oxygens (including phenoxy) is 1. The normalized spacial score (nSPS) is 21.3. The Morgan fingerprint density at radius 2 is 2.00 bits per heavy atom. The molecule has 0 spiro atoms. The summed E-state index contributed by atoms with van der Waals surface area (Å²) in [6.45, 7) is 2.47. The van der Waals surface area contributed by atoms with Crippen LogP contribution in [0.1, 0.15) is 30.5 Å². The van der Waals surface area contributed by atoms with E-state index in [2.05, 4.69) is 20.4 Å². The second kappa shape index (κ2) is 7.11. The van der Waals surface area contributed by atoms with Crippen molar-refractivity contribution in [3.05, 3.63) is 59.7 Å². The summed E-state index contributed by atoms with van der Waals surface area (Å²) >= 11 is 0. The van der Waals surface area contributed by atoms with Crippen LogP contribution in [0.3, 0.4) is 0 Å². The predicted octanol–water partition coefficient (Wildman–Crippen LogP) is 3.76. The van der Waals surface area contributed by atoms with Crippen LogP contribution < -0.4 is 9.64 Å². The van der Waals surface area contributed by atoms with E-state index in [0.29, 0.717) is 35.9 Å². The Hall–Kier alpha value is -3.35. The molecule has 0 aliphatic carbocycles. The number of fused-ring (bicyclic) bond motifs is 1. The van der Waals surface area contributed by atoms with Gasteiger partial charge in [0.15, 0.2) is 11.5 Å². The number of nitrogens with zero attached hydrogens (tertiary/aromatic N) is 5. The van der Waals surface area contributed by atoms with E-state index in [1.165, 1.54) is 0 Å². The van der Waals surface area contributed by atoms with Crippen LogP contribution in [0, 0.1) is 0 Å². The molecule has 2 heterocycles. The molecule has 0 bridgehead atoms. The van der Waals surface area contributed by atoms with Crippen molar-refractivity contribution in [2.75, 3.05) is 18.6 Å². The van der Waals surface area contributed by atoms with Gasteiger partial charge in [-0.1, -0.05) is 30.3 Å². The maximum absolute atomic E-state index is 12.6. The van der Waals surface area contributed by atoms with Gasteiger partial charge in [0.25, 0.3) is 5.91 Å². The van der Waals surface area contributed by atoms with Gasteiger partial charge in [0.1, 0.15) is 11.8 Å². The Morgan fingerprint density at radius 3 is 2.78 bits per heavy atom. The molecule has 2 aromatic carbocycles. The first-order valence-electron chi connectivity index (χ1n) is 8.83. The highest BCUT2D eigenvalue weighted by Gasteiger charge is 2.32. The summed E-state index contributed by atoms with van der Waals surface area (Å²) in [5.74, 6) is 1.02. The smallest absolute Gasteiger partial charge is 0.279 e. The van der Waals surface area contributed by atoms with E-state index < -0.39 is 0 Å². The molecule has 0 aromatic heterocycles. The highest BCUT2D eigenvalue weighted by molar-refractivity contribution is 6.54. The largest absolute Gasteiger partial charge is 0.494 e. The lowest BCUT2D eigenvalue weighted by Gasteiger charge is -2.09. The summed E-state index contributed by atoms with van der Waals surface area (Å²) in [5, 5.41) is 16.8. The lowest BCUT2D eigenvalue weighted by atomic mass is 10.1. The van der Waals surface area contributed by atoms with Crippen LogP contribution in [-0.2, 0) is 4.79 Å². The lowest BCUT2D eigenvalue weighted by molar-refractivity contribution is -0.111. The second-order valence-corrected chi connectivity index (χ2v) is 6.29. The Morgan fingerprint density at radius 1 is 1.19 bits per heavy atom. The highest BCUT2D eigenvalue weighted by atomic mass is 16.5. The van der Waals surface area contributed by atoms with Gasteiger partial charge in [0.05, 0.1) is 12.3 Å². The van der Waals surface area contributed by atoms with Crippen molar-refractivity contribution >= 4 is 23.1 Å². The maximum atomic E-state index is 12.6. The Bertz CT molecular complexity index is 966. The molecule has 0 saturated heterocycles. The number of carbonyl (C=O) groups excluding carboxylic acids is 1. The SMILES string of the molecule is CCOc1ccc2c(c1)C(=NN=C1CC(c3ccccc3)N=N1)C(=O)N2C. The third kappa shape index (κ3) is 3.23. The number of anilines is 1. The molecule has 2 aromatic rings. The van der Waals surface area contributed by atoms with Gasteiger partial charge in [-0.3, -0.25) is 4.79 Å². The van der Waals surface area contributed by atoms with E-state index in [0.717, 1.165) is 11.3 Å². The van der Waals surface area contributed by atoms with Gasteiger partial charge >= 0.3 is 0 Å². The third-order valence-corrected chi connectivity index (χ3v) is 4.54. The van der Waals surface area contributed by atoms with Gasteiger partial charge < -0.3 is 9.64 Å². The minimum Gasteiger partial charge on any atom is -0.494 e. The summed E-state index contributed by atoms with van der Waals surface area (Å²) < 4.78 is 5.54. The minimum atomic E-state index is -0.197. The Kier molecular flexibility index (Phi) is 4.50. The fourth-order valence-corrected chi connectivity index (χ4v) is 3.15. The van der Waals surface area contributed by atoms with Crippen LogP contribution in [-0.4, -0.2) is 31.1 Å². The zero-order chi connectivity index (χ0) is 18.8. The molecule has 7 nitrogen and oxygen atoms in total. The van der Waals surface area contributed by atoms with E-state index in [4.69, 9.17) is 4.74 Å². The van der Waals surface area contributed by atoms with E-state index in [1.807, 2.05) is 55.5 Å². The fraction of sp³-hybridized carbons (Fsp3) is 0.250. The quantitative estimate of drug-likeness (QED) is 0.777. The predicted molar refractivity (Wildman–Crippen MR) is 104 cm³/mol. The van der Waals surface area contributed by atoms with Crippen LogP contribution in [0.25, 0.3) is 0 Å². The molecule has 2 aliphatic heterocycles. The summed E-state index contributed by atoms with van der Waals surface area (Å²) in [5.41, 5.74) is 2.88. The number of amidine groups is 1. The van der Waals surface area contributed by atoms with Crippen LogP contribution >= 0.6 is 0 Å².